The molecule has 2 aromatic carbocycles. The molecule has 0 spiro atoms. The van der Waals surface area contributed by atoms with Crippen molar-refractivity contribution in [3.8, 4) is 5.75 Å². The van der Waals surface area contributed by atoms with Crippen LogP contribution in [0.3, 0.4) is 0 Å². The Morgan fingerprint density at radius 3 is 2.87 bits per heavy atom. The van der Waals surface area contributed by atoms with Gasteiger partial charge >= 0.3 is 0 Å². The molecule has 0 aromatic heterocycles. The summed E-state index contributed by atoms with van der Waals surface area (Å²) in [6.45, 7) is 3.24. The molecule has 2 aromatic rings. The van der Waals surface area contributed by atoms with Gasteiger partial charge in [-0.25, -0.2) is 0 Å². The van der Waals surface area contributed by atoms with Crippen molar-refractivity contribution in [2.75, 3.05) is 6.54 Å². The van der Waals surface area contributed by atoms with Crippen LogP contribution in [0.5, 0.6) is 5.75 Å². The Bertz CT molecular complexity index is 691. The topological polar surface area (TPSA) is 47.3 Å². The molecule has 0 aliphatic rings. The molecule has 0 saturated carbocycles. The Labute approximate surface area is 146 Å². The maximum atomic E-state index is 5.97. The second-order valence-corrected chi connectivity index (χ2v) is 5.61. The lowest BCUT2D eigenvalue weighted by Crippen LogP contribution is -2.82. The Morgan fingerprint density at radius 1 is 1.26 bits per heavy atom. The lowest BCUT2D eigenvalue weighted by molar-refractivity contribution is -0.500. The highest BCUT2D eigenvalue weighted by Crippen LogP contribution is 2.16. The van der Waals surface area contributed by atoms with Crippen LogP contribution in [0.25, 0.3) is 0 Å². The highest BCUT2D eigenvalue weighted by atomic mass is 35.5. The van der Waals surface area contributed by atoms with E-state index in [-0.39, 0.29) is 0 Å². The van der Waals surface area contributed by atoms with Crippen LogP contribution in [0.1, 0.15) is 18.1 Å². The molecule has 120 valence electrons. The molecule has 6 heteroatoms. The molecule has 2 rings (SSSR count). The quantitative estimate of drug-likeness (QED) is 0.423. The van der Waals surface area contributed by atoms with Gasteiger partial charge in [-0.15, -0.1) is 10.5 Å². The minimum absolute atomic E-state index is 0.472. The Morgan fingerprint density at radius 2 is 2.09 bits per heavy atom. The summed E-state index contributed by atoms with van der Waals surface area (Å²) in [6, 6.07) is 15.4. The molecule has 3 N–H and O–H groups in total. The average Bonchev–Trinajstić information content (AvgIpc) is 2.54. The van der Waals surface area contributed by atoms with Gasteiger partial charge < -0.3 is 10.1 Å². The third kappa shape index (κ3) is 6.26. The van der Waals surface area contributed by atoms with Crippen molar-refractivity contribution < 1.29 is 9.84 Å². The normalized spacial score (nSPS) is 10.5. The zero-order chi connectivity index (χ0) is 16.5. The zero-order valence-corrected chi connectivity index (χ0v) is 14.4. The van der Waals surface area contributed by atoms with Crippen LogP contribution in [0.15, 0.2) is 48.5 Å². The van der Waals surface area contributed by atoms with Crippen LogP contribution in [0.2, 0.25) is 5.02 Å². The largest absolute Gasteiger partial charge is 0.489 e. The first-order valence-corrected chi connectivity index (χ1v) is 8.06. The average molecular weight is 349 g/mol. The van der Waals surface area contributed by atoms with E-state index in [4.69, 9.17) is 28.6 Å². The number of rotatable bonds is 6. The summed E-state index contributed by atoms with van der Waals surface area (Å²) in [5, 5.41) is 7.19. The summed E-state index contributed by atoms with van der Waals surface area (Å²) in [6.07, 6.45) is 1.82. The summed E-state index contributed by atoms with van der Waals surface area (Å²) >= 11 is 11.0. The van der Waals surface area contributed by atoms with Crippen LogP contribution in [0, 0.1) is 0 Å². The predicted octanol–water partition coefficient (Wildman–Crippen LogP) is 1.82. The molecule has 0 atom stereocenters. The number of hydrogen-bond acceptors (Lipinski definition) is 2. The number of halogens is 1. The molecule has 0 aliphatic heterocycles. The minimum atomic E-state index is 0.472. The van der Waals surface area contributed by atoms with Crippen LogP contribution in [-0.4, -0.2) is 17.9 Å². The summed E-state index contributed by atoms with van der Waals surface area (Å²) in [5.41, 5.74) is 4.88. The fourth-order valence-corrected chi connectivity index (χ4v) is 2.29. The van der Waals surface area contributed by atoms with Gasteiger partial charge in [-0.3, -0.25) is 0 Å². The molecule has 0 aliphatic carbocycles. The maximum absolute atomic E-state index is 5.97. The van der Waals surface area contributed by atoms with Gasteiger partial charge in [0.25, 0.3) is 0 Å². The van der Waals surface area contributed by atoms with Crippen molar-refractivity contribution in [2.45, 2.75) is 13.5 Å². The highest BCUT2D eigenvalue weighted by Gasteiger charge is 2.00. The van der Waals surface area contributed by atoms with E-state index in [1.165, 1.54) is 0 Å². The molecule has 0 fully saturated rings. The number of ether oxygens (including phenoxy) is 1. The first kappa shape index (κ1) is 17.2. The molecule has 4 nitrogen and oxygen atoms in total. The standard InChI is InChI=1S/C17H18ClN3OS/c1-2-19-17(23)21-20-11-13-5-4-8-16(10-13)22-12-14-6-3-7-15(18)9-14/h3-11H,2,12H2,1H3,(H2,19,21,23)/p+1. The molecular weight excluding hydrogens is 330 g/mol. The molecular formula is C17H19ClN3OS+. The molecule has 23 heavy (non-hydrogen) atoms. The Kier molecular flexibility index (Phi) is 6.84. The van der Waals surface area contributed by atoms with Gasteiger partial charge in [-0.1, -0.05) is 29.8 Å². The zero-order valence-electron chi connectivity index (χ0n) is 12.8. The van der Waals surface area contributed by atoms with E-state index in [1.807, 2.05) is 61.7 Å². The maximum Gasteiger partial charge on any atom is 0.223 e. The number of hydrazine groups is 1. The number of thiocarbonyl (C=S) groups is 1. The predicted molar refractivity (Wildman–Crippen MR) is 97.8 cm³/mol. The number of nitrogens with one attached hydrogen (secondary N) is 3. The van der Waals surface area contributed by atoms with Gasteiger partial charge in [0.2, 0.25) is 5.11 Å². The van der Waals surface area contributed by atoms with E-state index in [9.17, 15) is 0 Å². The molecule has 0 amide bonds. The van der Waals surface area contributed by atoms with E-state index in [0.717, 1.165) is 23.4 Å². The van der Waals surface area contributed by atoms with E-state index in [2.05, 4.69) is 15.8 Å². The van der Waals surface area contributed by atoms with E-state index >= 15 is 0 Å². The Hall–Kier alpha value is -2.11. The number of hydrogen-bond donors (Lipinski definition) is 3. The van der Waals surface area contributed by atoms with Gasteiger partial charge in [-0.2, -0.15) is 0 Å². The molecule has 0 bridgehead atoms. The lowest BCUT2D eigenvalue weighted by atomic mass is 10.2. The molecule has 0 heterocycles. The van der Waals surface area contributed by atoms with Crippen molar-refractivity contribution in [1.82, 2.24) is 10.7 Å². The lowest BCUT2D eigenvalue weighted by Gasteiger charge is -2.06. The van der Waals surface area contributed by atoms with E-state index in [0.29, 0.717) is 16.7 Å². The number of hydrazone groups is 1. The minimum Gasteiger partial charge on any atom is -0.489 e. The fourth-order valence-electron chi connectivity index (χ4n) is 1.88. The van der Waals surface area contributed by atoms with Gasteiger partial charge in [0.15, 0.2) is 6.21 Å². The van der Waals surface area contributed by atoms with E-state index in [1.54, 1.807) is 0 Å². The molecule has 0 saturated heterocycles. The third-order valence-electron chi connectivity index (χ3n) is 2.91. The molecule has 0 radical (unpaired) electrons. The van der Waals surface area contributed by atoms with Crippen molar-refractivity contribution in [3.05, 3.63) is 64.7 Å². The Balaban J connectivity index is 1.91. The van der Waals surface area contributed by atoms with Gasteiger partial charge in [0.05, 0.1) is 0 Å². The van der Waals surface area contributed by atoms with Crippen molar-refractivity contribution in [2.24, 2.45) is 0 Å². The second kappa shape index (κ2) is 9.12. The first-order chi connectivity index (χ1) is 11.2. The van der Waals surface area contributed by atoms with Crippen molar-refractivity contribution >= 4 is 35.1 Å². The van der Waals surface area contributed by atoms with Crippen molar-refractivity contribution in [1.29, 1.82) is 0 Å². The van der Waals surface area contributed by atoms with Gasteiger partial charge in [-0.05, 0) is 55.0 Å². The van der Waals surface area contributed by atoms with E-state index < -0.39 is 0 Å². The van der Waals surface area contributed by atoms with Crippen molar-refractivity contribution in [3.63, 3.8) is 0 Å². The van der Waals surface area contributed by atoms with Crippen LogP contribution < -0.4 is 20.6 Å². The second-order valence-electron chi connectivity index (χ2n) is 4.76. The summed E-state index contributed by atoms with van der Waals surface area (Å²) in [4.78, 5) is 0. The third-order valence-corrected chi connectivity index (χ3v) is 3.40. The summed E-state index contributed by atoms with van der Waals surface area (Å²) in [7, 11) is 0. The van der Waals surface area contributed by atoms with Crippen LogP contribution in [-0.2, 0) is 6.61 Å². The number of benzene rings is 2. The van der Waals surface area contributed by atoms with Gasteiger partial charge in [0, 0.05) is 17.1 Å². The summed E-state index contributed by atoms with van der Waals surface area (Å²) in [5.74, 6) is 0.787. The SMILES string of the molecule is CCNC(=S)N[NH+]=Cc1cccc(OCc2cccc(Cl)c2)c1. The fraction of sp³-hybridized carbons (Fsp3) is 0.176. The first-order valence-electron chi connectivity index (χ1n) is 7.27. The summed E-state index contributed by atoms with van der Waals surface area (Å²) < 4.78 is 5.79. The smallest absolute Gasteiger partial charge is 0.223 e. The van der Waals surface area contributed by atoms with Crippen LogP contribution in [0.4, 0.5) is 0 Å². The van der Waals surface area contributed by atoms with Crippen LogP contribution >= 0.6 is 23.8 Å². The highest BCUT2D eigenvalue weighted by molar-refractivity contribution is 7.80. The molecule has 0 unspecified atom stereocenters. The van der Waals surface area contributed by atoms with Gasteiger partial charge in [0.1, 0.15) is 12.4 Å². The monoisotopic (exact) mass is 348 g/mol.